The molecule has 0 unspecified atom stereocenters. The van der Waals surface area contributed by atoms with Gasteiger partial charge in [-0.05, 0) is 25.0 Å². The monoisotopic (exact) mass is 342 g/mol. The second-order valence-electron chi connectivity index (χ2n) is 6.31. The average Bonchev–Trinajstić information content (AvgIpc) is 3.15. The predicted molar refractivity (Wildman–Crippen MR) is 94.3 cm³/mol. The SMILES string of the molecule is OC[C@H]1CCCN1c1cc(NC[C@@H]2COc3ccccc3O2)ncn1. The Hall–Kier alpha value is -2.54. The molecule has 1 aromatic carbocycles. The summed E-state index contributed by atoms with van der Waals surface area (Å²) in [5.41, 5.74) is 0. The fourth-order valence-corrected chi connectivity index (χ4v) is 3.31. The number of ether oxygens (including phenoxy) is 2. The van der Waals surface area contributed by atoms with Gasteiger partial charge in [0, 0.05) is 12.6 Å². The molecule has 2 aliphatic rings. The highest BCUT2D eigenvalue weighted by Crippen LogP contribution is 2.31. The number of aliphatic hydroxyl groups excluding tert-OH is 1. The van der Waals surface area contributed by atoms with E-state index in [9.17, 15) is 5.11 Å². The van der Waals surface area contributed by atoms with Crippen LogP contribution < -0.4 is 19.7 Å². The molecule has 0 aliphatic carbocycles. The van der Waals surface area contributed by atoms with E-state index in [2.05, 4.69) is 20.2 Å². The van der Waals surface area contributed by atoms with Crippen molar-refractivity contribution in [1.29, 1.82) is 0 Å². The normalized spacial score (nSPS) is 22.0. The van der Waals surface area contributed by atoms with Crippen molar-refractivity contribution in [3.8, 4) is 11.5 Å². The molecule has 25 heavy (non-hydrogen) atoms. The van der Waals surface area contributed by atoms with Crippen molar-refractivity contribution in [2.75, 3.05) is 36.5 Å². The Morgan fingerprint density at radius 2 is 2.12 bits per heavy atom. The third kappa shape index (κ3) is 3.46. The number of hydrogen-bond acceptors (Lipinski definition) is 7. The molecule has 0 amide bonds. The van der Waals surface area contributed by atoms with E-state index in [4.69, 9.17) is 9.47 Å². The maximum atomic E-state index is 9.49. The van der Waals surface area contributed by atoms with Gasteiger partial charge < -0.3 is 24.8 Å². The summed E-state index contributed by atoms with van der Waals surface area (Å²) in [5.74, 6) is 3.15. The van der Waals surface area contributed by atoms with Gasteiger partial charge in [0.25, 0.3) is 0 Å². The molecule has 1 aromatic heterocycles. The minimum absolute atomic E-state index is 0.0784. The molecule has 0 spiro atoms. The fourth-order valence-electron chi connectivity index (χ4n) is 3.31. The zero-order valence-electron chi connectivity index (χ0n) is 14.0. The summed E-state index contributed by atoms with van der Waals surface area (Å²) in [6, 6.07) is 9.75. The van der Waals surface area contributed by atoms with Crippen LogP contribution in [0.15, 0.2) is 36.7 Å². The lowest BCUT2D eigenvalue weighted by atomic mass is 10.2. The molecule has 0 bridgehead atoms. The van der Waals surface area contributed by atoms with E-state index in [-0.39, 0.29) is 18.8 Å². The summed E-state index contributed by atoms with van der Waals surface area (Å²) in [6.07, 6.45) is 3.55. The number of aromatic nitrogens is 2. The van der Waals surface area contributed by atoms with Gasteiger partial charge in [-0.25, -0.2) is 9.97 Å². The first-order valence-electron chi connectivity index (χ1n) is 8.65. The zero-order valence-corrected chi connectivity index (χ0v) is 14.0. The van der Waals surface area contributed by atoms with Crippen LogP contribution >= 0.6 is 0 Å². The van der Waals surface area contributed by atoms with Gasteiger partial charge in [-0.1, -0.05) is 12.1 Å². The topological polar surface area (TPSA) is 79.7 Å². The Morgan fingerprint density at radius 3 is 3.00 bits per heavy atom. The molecule has 1 saturated heterocycles. The molecule has 132 valence electrons. The van der Waals surface area contributed by atoms with Crippen molar-refractivity contribution in [1.82, 2.24) is 9.97 Å². The predicted octanol–water partition coefficient (Wildman–Crippen LogP) is 1.69. The Labute approximate surface area is 146 Å². The van der Waals surface area contributed by atoms with Gasteiger partial charge in [0.15, 0.2) is 11.5 Å². The first-order valence-corrected chi connectivity index (χ1v) is 8.65. The van der Waals surface area contributed by atoms with Gasteiger partial charge >= 0.3 is 0 Å². The molecule has 1 fully saturated rings. The Morgan fingerprint density at radius 1 is 1.24 bits per heavy atom. The van der Waals surface area contributed by atoms with Crippen LogP contribution in [0.4, 0.5) is 11.6 Å². The quantitative estimate of drug-likeness (QED) is 0.856. The van der Waals surface area contributed by atoms with Gasteiger partial charge in [-0.3, -0.25) is 0 Å². The highest BCUT2D eigenvalue weighted by atomic mass is 16.6. The lowest BCUT2D eigenvalue weighted by Gasteiger charge is -2.27. The van der Waals surface area contributed by atoms with Gasteiger partial charge in [0.05, 0.1) is 19.2 Å². The van der Waals surface area contributed by atoms with Crippen molar-refractivity contribution in [3.63, 3.8) is 0 Å². The van der Waals surface area contributed by atoms with E-state index >= 15 is 0 Å². The van der Waals surface area contributed by atoms with Crippen LogP contribution in [0.25, 0.3) is 0 Å². The summed E-state index contributed by atoms with van der Waals surface area (Å²) in [5, 5.41) is 12.8. The van der Waals surface area contributed by atoms with Gasteiger partial charge in [-0.15, -0.1) is 0 Å². The number of hydrogen-bond donors (Lipinski definition) is 2. The van der Waals surface area contributed by atoms with Crippen molar-refractivity contribution >= 4 is 11.6 Å². The van der Waals surface area contributed by atoms with Crippen LogP contribution in [0.5, 0.6) is 11.5 Å². The summed E-state index contributed by atoms with van der Waals surface area (Å²) in [6.45, 7) is 2.16. The third-order valence-electron chi connectivity index (χ3n) is 4.61. The molecule has 7 heteroatoms. The van der Waals surface area contributed by atoms with Crippen molar-refractivity contribution < 1.29 is 14.6 Å². The average molecular weight is 342 g/mol. The first kappa shape index (κ1) is 16.0. The number of rotatable bonds is 5. The number of nitrogens with zero attached hydrogens (tertiary/aromatic N) is 3. The van der Waals surface area contributed by atoms with Crippen LogP contribution in [0.2, 0.25) is 0 Å². The number of nitrogens with one attached hydrogen (secondary N) is 1. The van der Waals surface area contributed by atoms with E-state index < -0.39 is 0 Å². The van der Waals surface area contributed by atoms with Crippen molar-refractivity contribution in [2.24, 2.45) is 0 Å². The minimum Gasteiger partial charge on any atom is -0.486 e. The first-order chi connectivity index (χ1) is 12.3. The van der Waals surface area contributed by atoms with Crippen molar-refractivity contribution in [3.05, 3.63) is 36.7 Å². The van der Waals surface area contributed by atoms with Crippen LogP contribution in [0, 0.1) is 0 Å². The molecule has 2 N–H and O–H groups in total. The molecule has 0 radical (unpaired) electrons. The van der Waals surface area contributed by atoms with Crippen LogP contribution in [-0.2, 0) is 0 Å². The van der Waals surface area contributed by atoms with Gasteiger partial charge in [0.1, 0.15) is 30.7 Å². The van der Waals surface area contributed by atoms with Crippen LogP contribution in [-0.4, -0.2) is 53.5 Å². The van der Waals surface area contributed by atoms with Gasteiger partial charge in [-0.2, -0.15) is 0 Å². The maximum Gasteiger partial charge on any atom is 0.161 e. The number of aliphatic hydroxyl groups is 1. The molecule has 2 aliphatic heterocycles. The molecule has 0 saturated carbocycles. The summed E-state index contributed by atoms with van der Waals surface area (Å²) in [4.78, 5) is 10.8. The summed E-state index contributed by atoms with van der Waals surface area (Å²) < 4.78 is 11.7. The second-order valence-corrected chi connectivity index (χ2v) is 6.31. The Balaban J connectivity index is 1.38. The molecular weight excluding hydrogens is 320 g/mol. The van der Waals surface area contributed by atoms with Crippen LogP contribution in [0.3, 0.4) is 0 Å². The standard InChI is InChI=1S/C18H22N4O3/c23-10-13-4-3-7-22(13)18-8-17(20-12-21-18)19-9-14-11-24-15-5-1-2-6-16(15)25-14/h1-2,5-6,8,12-14,23H,3-4,7,9-11H2,(H,19,20,21)/t13-,14-/m1/s1. The fraction of sp³-hybridized carbons (Fsp3) is 0.444. The number of fused-ring (bicyclic) bond motifs is 1. The van der Waals surface area contributed by atoms with E-state index in [1.54, 1.807) is 6.33 Å². The van der Waals surface area contributed by atoms with E-state index in [1.165, 1.54) is 0 Å². The lowest BCUT2D eigenvalue weighted by molar-refractivity contribution is 0.0997. The molecular formula is C18H22N4O3. The molecule has 3 heterocycles. The summed E-state index contributed by atoms with van der Waals surface area (Å²) >= 11 is 0. The van der Waals surface area contributed by atoms with E-state index in [0.29, 0.717) is 13.2 Å². The highest BCUT2D eigenvalue weighted by molar-refractivity contribution is 5.50. The van der Waals surface area contributed by atoms with Crippen molar-refractivity contribution in [2.45, 2.75) is 25.0 Å². The Kier molecular flexibility index (Phi) is 4.56. The summed E-state index contributed by atoms with van der Waals surface area (Å²) in [7, 11) is 0. The molecule has 7 nitrogen and oxygen atoms in total. The molecule has 2 atom stereocenters. The number of benzene rings is 1. The highest BCUT2D eigenvalue weighted by Gasteiger charge is 2.25. The second kappa shape index (κ2) is 7.14. The molecule has 2 aromatic rings. The number of para-hydroxylation sites is 2. The Bertz CT molecular complexity index is 727. The maximum absolute atomic E-state index is 9.49. The third-order valence-corrected chi connectivity index (χ3v) is 4.61. The minimum atomic E-state index is -0.0784. The van der Waals surface area contributed by atoms with E-state index in [0.717, 1.165) is 42.5 Å². The van der Waals surface area contributed by atoms with Crippen LogP contribution in [0.1, 0.15) is 12.8 Å². The van der Waals surface area contributed by atoms with E-state index in [1.807, 2.05) is 30.3 Å². The zero-order chi connectivity index (χ0) is 17.1. The largest absolute Gasteiger partial charge is 0.486 e. The van der Waals surface area contributed by atoms with Gasteiger partial charge in [0.2, 0.25) is 0 Å². The lowest BCUT2D eigenvalue weighted by Crippen LogP contribution is -2.35. The molecule has 4 rings (SSSR count). The number of anilines is 2. The smallest absolute Gasteiger partial charge is 0.161 e.